The quantitative estimate of drug-likeness (QED) is 0.491. The van der Waals surface area contributed by atoms with Crippen LogP contribution in [0.1, 0.15) is 12.8 Å². The van der Waals surface area contributed by atoms with Gasteiger partial charge >= 0.3 is 0 Å². The Kier molecular flexibility index (Phi) is 2.11. The lowest BCUT2D eigenvalue weighted by atomic mass is 10.2. The maximum atomic E-state index is 4.92. The van der Waals surface area contributed by atoms with E-state index in [-0.39, 0.29) is 0 Å². The molecule has 0 bridgehead atoms. The van der Waals surface area contributed by atoms with Crippen LogP contribution in [-0.2, 0) is 4.52 Å². The Balaban J connectivity index is 2.50. The van der Waals surface area contributed by atoms with Gasteiger partial charge < -0.3 is 4.52 Å². The molecular formula is C6H9OP. The van der Waals surface area contributed by atoms with Crippen LogP contribution in [0.25, 0.3) is 0 Å². The van der Waals surface area contributed by atoms with Crippen LogP contribution in [0.3, 0.4) is 0 Å². The Morgan fingerprint density at radius 1 is 1.62 bits per heavy atom. The molecule has 0 saturated carbocycles. The molecule has 0 heterocycles. The smallest absolute Gasteiger partial charge is 0.0994 e. The highest BCUT2D eigenvalue weighted by Crippen LogP contribution is 2.14. The predicted octanol–water partition coefficient (Wildman–Crippen LogP) is 2.03. The van der Waals surface area contributed by atoms with Gasteiger partial charge in [0.25, 0.3) is 0 Å². The molecule has 1 atom stereocenters. The van der Waals surface area contributed by atoms with E-state index in [2.05, 4.69) is 15.5 Å². The summed E-state index contributed by atoms with van der Waals surface area (Å²) in [5, 5.41) is 0. The van der Waals surface area contributed by atoms with E-state index in [0.29, 0.717) is 0 Å². The second-order valence-electron chi connectivity index (χ2n) is 1.72. The highest BCUT2D eigenvalue weighted by molar-refractivity contribution is 7.10. The van der Waals surface area contributed by atoms with Gasteiger partial charge in [0.1, 0.15) is 0 Å². The average Bonchev–Trinajstić information content (AvgIpc) is 1.90. The van der Waals surface area contributed by atoms with E-state index in [4.69, 9.17) is 4.52 Å². The van der Waals surface area contributed by atoms with Gasteiger partial charge in [0.2, 0.25) is 0 Å². The lowest BCUT2D eigenvalue weighted by Crippen LogP contribution is -1.84. The molecule has 0 saturated heterocycles. The van der Waals surface area contributed by atoms with Crippen LogP contribution < -0.4 is 0 Å². The fourth-order valence-corrected chi connectivity index (χ4v) is 0.875. The summed E-state index contributed by atoms with van der Waals surface area (Å²) in [7, 11) is 2.24. The Morgan fingerprint density at radius 3 is 2.88 bits per heavy atom. The third-order valence-electron chi connectivity index (χ3n) is 1.13. The minimum absolute atomic E-state index is 1.04. The van der Waals surface area contributed by atoms with E-state index in [1.165, 1.54) is 0 Å². The van der Waals surface area contributed by atoms with E-state index in [0.717, 1.165) is 18.6 Å². The van der Waals surface area contributed by atoms with Crippen LogP contribution in [0.5, 0.6) is 0 Å². The molecule has 0 fully saturated rings. The van der Waals surface area contributed by atoms with Crippen molar-refractivity contribution in [3.63, 3.8) is 0 Å². The minimum atomic E-state index is 1.04. The number of hydrogen-bond acceptors (Lipinski definition) is 1. The molecule has 1 nitrogen and oxygen atoms in total. The molecule has 0 amide bonds. The van der Waals surface area contributed by atoms with Crippen molar-refractivity contribution in [1.82, 2.24) is 0 Å². The summed E-state index contributed by atoms with van der Waals surface area (Å²) in [4.78, 5) is 0. The first kappa shape index (κ1) is 5.84. The zero-order valence-electron chi connectivity index (χ0n) is 4.63. The first-order valence-electron chi connectivity index (χ1n) is 2.66. The van der Waals surface area contributed by atoms with Gasteiger partial charge in [-0.2, -0.15) is 0 Å². The summed E-state index contributed by atoms with van der Waals surface area (Å²) in [6.45, 7) is 0. The van der Waals surface area contributed by atoms with E-state index in [9.17, 15) is 0 Å². The second-order valence-corrected chi connectivity index (χ2v) is 1.95. The molecular weight excluding hydrogens is 119 g/mol. The van der Waals surface area contributed by atoms with Gasteiger partial charge in [0.15, 0.2) is 0 Å². The minimum Gasteiger partial charge on any atom is -0.485 e. The molecule has 0 aromatic rings. The van der Waals surface area contributed by atoms with Crippen molar-refractivity contribution in [2.45, 2.75) is 12.8 Å². The van der Waals surface area contributed by atoms with Crippen LogP contribution >= 0.6 is 9.47 Å². The highest BCUT2D eigenvalue weighted by atomic mass is 31.0. The van der Waals surface area contributed by atoms with Crippen molar-refractivity contribution in [3.05, 3.63) is 24.0 Å². The molecule has 0 aromatic carbocycles. The predicted molar refractivity (Wildman–Crippen MR) is 37.3 cm³/mol. The molecule has 1 rings (SSSR count). The molecule has 0 N–H and O–H groups in total. The Morgan fingerprint density at radius 2 is 2.50 bits per heavy atom. The summed E-state index contributed by atoms with van der Waals surface area (Å²) >= 11 is 0. The summed E-state index contributed by atoms with van der Waals surface area (Å²) in [5.41, 5.74) is 0. The zero-order valence-corrected chi connectivity index (χ0v) is 5.79. The monoisotopic (exact) mass is 128 g/mol. The van der Waals surface area contributed by atoms with Crippen LogP contribution in [0.15, 0.2) is 24.0 Å². The summed E-state index contributed by atoms with van der Waals surface area (Å²) in [6, 6.07) is 0. The molecule has 8 heavy (non-hydrogen) atoms. The van der Waals surface area contributed by atoms with E-state index < -0.39 is 0 Å². The maximum Gasteiger partial charge on any atom is 0.0994 e. The van der Waals surface area contributed by atoms with Crippen molar-refractivity contribution in [1.29, 1.82) is 0 Å². The van der Waals surface area contributed by atoms with Crippen molar-refractivity contribution < 1.29 is 4.52 Å². The average molecular weight is 128 g/mol. The van der Waals surface area contributed by atoms with Crippen molar-refractivity contribution in [2.24, 2.45) is 0 Å². The molecule has 0 spiro atoms. The van der Waals surface area contributed by atoms with Gasteiger partial charge in [-0.3, -0.25) is 0 Å². The summed E-state index contributed by atoms with van der Waals surface area (Å²) < 4.78 is 4.92. The molecule has 1 aliphatic carbocycles. The van der Waals surface area contributed by atoms with E-state index in [1.54, 1.807) is 0 Å². The lowest BCUT2D eigenvalue weighted by molar-refractivity contribution is 0.466. The zero-order chi connectivity index (χ0) is 5.82. The van der Waals surface area contributed by atoms with Crippen molar-refractivity contribution in [2.75, 3.05) is 0 Å². The van der Waals surface area contributed by atoms with Crippen molar-refractivity contribution in [3.8, 4) is 0 Å². The molecule has 0 aromatic heterocycles. The maximum absolute atomic E-state index is 4.92. The second kappa shape index (κ2) is 2.88. The Labute approximate surface area is 51.7 Å². The third-order valence-corrected chi connectivity index (χ3v) is 1.43. The first-order chi connectivity index (χ1) is 3.93. The molecule has 1 aliphatic rings. The highest BCUT2D eigenvalue weighted by Gasteiger charge is 1.95. The van der Waals surface area contributed by atoms with Gasteiger partial charge in [-0.05, 0) is 12.5 Å². The SMILES string of the molecule is POC1=CC=CCC1. The molecule has 0 radical (unpaired) electrons. The van der Waals surface area contributed by atoms with Gasteiger partial charge in [-0.25, -0.2) is 0 Å². The number of rotatable bonds is 1. The summed E-state index contributed by atoms with van der Waals surface area (Å²) in [5.74, 6) is 1.05. The number of allylic oxidation sites excluding steroid dienone is 4. The molecule has 1 unspecified atom stereocenters. The van der Waals surface area contributed by atoms with Crippen LogP contribution in [0, 0.1) is 0 Å². The molecule has 44 valence electrons. The Hall–Kier alpha value is -0.290. The van der Waals surface area contributed by atoms with Crippen LogP contribution in [0.2, 0.25) is 0 Å². The largest absolute Gasteiger partial charge is 0.485 e. The van der Waals surface area contributed by atoms with E-state index in [1.807, 2.05) is 12.2 Å². The molecule has 2 heteroatoms. The van der Waals surface area contributed by atoms with Crippen LogP contribution in [-0.4, -0.2) is 0 Å². The van der Waals surface area contributed by atoms with Crippen LogP contribution in [0.4, 0.5) is 0 Å². The lowest BCUT2D eigenvalue weighted by Gasteiger charge is -2.04. The third kappa shape index (κ3) is 1.34. The van der Waals surface area contributed by atoms with E-state index >= 15 is 0 Å². The molecule has 0 aliphatic heterocycles. The fourth-order valence-electron chi connectivity index (χ4n) is 0.679. The van der Waals surface area contributed by atoms with Gasteiger partial charge in [0, 0.05) is 6.42 Å². The first-order valence-corrected chi connectivity index (χ1v) is 3.13. The number of hydrogen-bond donors (Lipinski definition) is 0. The Bertz CT molecular complexity index is 126. The summed E-state index contributed by atoms with van der Waals surface area (Å²) in [6.07, 6.45) is 8.28. The van der Waals surface area contributed by atoms with Gasteiger partial charge in [0.05, 0.1) is 15.2 Å². The standard InChI is InChI=1S/C6H9OP/c8-7-6-4-2-1-3-5-6/h1-2,4H,3,5,8H2. The van der Waals surface area contributed by atoms with Gasteiger partial charge in [-0.15, -0.1) is 0 Å². The topological polar surface area (TPSA) is 9.23 Å². The van der Waals surface area contributed by atoms with Gasteiger partial charge in [-0.1, -0.05) is 12.2 Å². The normalized spacial score (nSPS) is 17.9. The van der Waals surface area contributed by atoms with Crippen molar-refractivity contribution >= 4 is 9.47 Å². The fraction of sp³-hybridized carbons (Fsp3) is 0.333.